The van der Waals surface area contributed by atoms with Crippen LogP contribution < -0.4 is 4.74 Å². The number of likely N-dealkylation sites (tertiary alicyclic amines) is 1. The Morgan fingerprint density at radius 2 is 1.85 bits per heavy atom. The molecule has 1 saturated heterocycles. The molecule has 2 aliphatic rings. The summed E-state index contributed by atoms with van der Waals surface area (Å²) in [6, 6.07) is 17.1. The van der Waals surface area contributed by atoms with E-state index in [-0.39, 0.29) is 11.9 Å². The predicted octanol–water partition coefficient (Wildman–Crippen LogP) is 6.58. The third kappa shape index (κ3) is 5.28. The third-order valence-electron chi connectivity index (χ3n) is 6.81. The summed E-state index contributed by atoms with van der Waals surface area (Å²) in [4.78, 5) is 15.4. The maximum Gasteiger partial charge on any atom is 0.152 e. The standard InChI is InChI=1S/C28H33ClN2O2/c1-19(2)14-24(32)18-31-27-9-8-26(33-25-10-12-30(13-11-25)23-6-7-23)16-21(27)17-28(31)20-4-3-5-22(29)15-20/h3-5,8-9,15-17,19,23,25H,6-7,10-14,18H2,1-2H3. The molecule has 2 fully saturated rings. The molecule has 33 heavy (non-hydrogen) atoms. The van der Waals surface area contributed by atoms with E-state index in [1.807, 2.05) is 18.2 Å². The van der Waals surface area contributed by atoms with Crippen LogP contribution in [0.4, 0.5) is 0 Å². The zero-order chi connectivity index (χ0) is 22.9. The van der Waals surface area contributed by atoms with E-state index in [0.717, 1.165) is 59.9 Å². The third-order valence-corrected chi connectivity index (χ3v) is 7.04. The van der Waals surface area contributed by atoms with Crippen molar-refractivity contribution >= 4 is 28.3 Å². The molecule has 0 radical (unpaired) electrons. The molecule has 5 rings (SSSR count). The number of piperidine rings is 1. The van der Waals surface area contributed by atoms with Crippen LogP contribution in [0.3, 0.4) is 0 Å². The highest BCUT2D eigenvalue weighted by Crippen LogP contribution is 2.34. The summed E-state index contributed by atoms with van der Waals surface area (Å²) in [5, 5.41) is 1.79. The molecule has 1 saturated carbocycles. The lowest BCUT2D eigenvalue weighted by molar-refractivity contribution is -0.120. The van der Waals surface area contributed by atoms with Crippen molar-refractivity contribution < 1.29 is 9.53 Å². The normalized spacial score (nSPS) is 17.7. The molecule has 1 aliphatic heterocycles. The monoisotopic (exact) mass is 464 g/mol. The second kappa shape index (κ2) is 9.52. The van der Waals surface area contributed by atoms with Crippen molar-refractivity contribution in [3.05, 3.63) is 53.6 Å². The Hall–Kier alpha value is -2.30. The Labute approximate surface area is 201 Å². The molecule has 5 heteroatoms. The first-order chi connectivity index (χ1) is 16.0. The fourth-order valence-electron chi connectivity index (χ4n) is 5.07. The van der Waals surface area contributed by atoms with Gasteiger partial charge in [-0.05, 0) is 73.6 Å². The first-order valence-electron chi connectivity index (χ1n) is 12.3. The van der Waals surface area contributed by atoms with E-state index in [4.69, 9.17) is 16.3 Å². The molecule has 0 spiro atoms. The Kier molecular flexibility index (Phi) is 6.49. The fraction of sp³-hybridized carbons (Fsp3) is 0.464. The van der Waals surface area contributed by atoms with Gasteiger partial charge in [0.25, 0.3) is 0 Å². The largest absolute Gasteiger partial charge is 0.490 e. The molecule has 174 valence electrons. The van der Waals surface area contributed by atoms with Gasteiger partial charge in [0.05, 0.1) is 6.54 Å². The number of ketones is 1. The number of fused-ring (bicyclic) bond motifs is 1. The SMILES string of the molecule is CC(C)CC(=O)Cn1c(-c2cccc(Cl)c2)cc2cc(OC3CCN(C4CC4)CC3)ccc21. The zero-order valence-electron chi connectivity index (χ0n) is 19.6. The van der Waals surface area contributed by atoms with Crippen molar-refractivity contribution in [3.63, 3.8) is 0 Å². The van der Waals surface area contributed by atoms with E-state index in [1.165, 1.54) is 12.8 Å². The first kappa shape index (κ1) is 22.5. The number of hydrogen-bond donors (Lipinski definition) is 0. The van der Waals surface area contributed by atoms with Crippen molar-refractivity contribution in [1.82, 2.24) is 9.47 Å². The molecule has 2 heterocycles. The van der Waals surface area contributed by atoms with E-state index < -0.39 is 0 Å². The topological polar surface area (TPSA) is 34.5 Å². The summed E-state index contributed by atoms with van der Waals surface area (Å²) >= 11 is 6.29. The first-order valence-corrected chi connectivity index (χ1v) is 12.7. The van der Waals surface area contributed by atoms with Crippen LogP contribution >= 0.6 is 11.6 Å². The molecule has 0 bridgehead atoms. The van der Waals surface area contributed by atoms with Gasteiger partial charge in [-0.2, -0.15) is 0 Å². The minimum atomic E-state index is 0.244. The van der Waals surface area contributed by atoms with Crippen LogP contribution in [0.5, 0.6) is 5.75 Å². The number of hydrogen-bond acceptors (Lipinski definition) is 3. The summed E-state index contributed by atoms with van der Waals surface area (Å²) in [5.74, 6) is 1.50. The second-order valence-electron chi connectivity index (χ2n) is 10.1. The van der Waals surface area contributed by atoms with Gasteiger partial charge >= 0.3 is 0 Å². The van der Waals surface area contributed by atoms with Crippen molar-refractivity contribution in [2.24, 2.45) is 5.92 Å². The number of halogens is 1. The van der Waals surface area contributed by atoms with Crippen LogP contribution in [-0.2, 0) is 11.3 Å². The number of ether oxygens (including phenoxy) is 1. The fourth-order valence-corrected chi connectivity index (χ4v) is 5.26. The van der Waals surface area contributed by atoms with Crippen molar-refractivity contribution in [2.45, 2.75) is 64.6 Å². The van der Waals surface area contributed by atoms with Crippen molar-refractivity contribution in [2.75, 3.05) is 13.1 Å². The van der Waals surface area contributed by atoms with Gasteiger partial charge in [-0.1, -0.05) is 37.6 Å². The highest BCUT2D eigenvalue weighted by Gasteiger charge is 2.32. The van der Waals surface area contributed by atoms with Crippen LogP contribution in [0, 0.1) is 5.92 Å². The van der Waals surface area contributed by atoms with Gasteiger partial charge < -0.3 is 14.2 Å². The molecule has 0 N–H and O–H groups in total. The lowest BCUT2D eigenvalue weighted by Gasteiger charge is -2.32. The lowest BCUT2D eigenvalue weighted by atomic mass is 10.1. The number of Topliss-reactive ketones (excluding diaryl/α,β-unsaturated/α-hetero) is 1. The highest BCUT2D eigenvalue weighted by atomic mass is 35.5. The summed E-state index contributed by atoms with van der Waals surface area (Å²) in [5.41, 5.74) is 3.09. The lowest BCUT2D eigenvalue weighted by Crippen LogP contribution is -2.39. The number of nitrogens with zero attached hydrogens (tertiary/aromatic N) is 2. The summed E-state index contributed by atoms with van der Waals surface area (Å²) in [6.07, 6.45) is 5.77. The number of carbonyl (C=O) groups is 1. The number of carbonyl (C=O) groups excluding carboxylic acids is 1. The van der Waals surface area contributed by atoms with Gasteiger partial charge in [-0.25, -0.2) is 0 Å². The summed E-state index contributed by atoms with van der Waals surface area (Å²) in [6.45, 7) is 6.82. The van der Waals surface area contributed by atoms with Gasteiger partial charge in [-0.3, -0.25) is 4.79 Å². The number of benzene rings is 2. The molecule has 3 aromatic rings. The van der Waals surface area contributed by atoms with E-state index >= 15 is 0 Å². The maximum atomic E-state index is 12.7. The van der Waals surface area contributed by atoms with Crippen LogP contribution in [-0.4, -0.2) is 40.5 Å². The summed E-state index contributed by atoms with van der Waals surface area (Å²) in [7, 11) is 0. The van der Waals surface area contributed by atoms with Gasteiger partial charge in [0.15, 0.2) is 5.78 Å². The highest BCUT2D eigenvalue weighted by molar-refractivity contribution is 6.30. The molecular weight excluding hydrogens is 432 g/mol. The molecule has 1 aliphatic carbocycles. The Morgan fingerprint density at radius 3 is 2.55 bits per heavy atom. The van der Waals surface area contributed by atoms with Gasteiger partial charge in [-0.15, -0.1) is 0 Å². The molecule has 0 amide bonds. The quantitative estimate of drug-likeness (QED) is 0.377. The van der Waals surface area contributed by atoms with Crippen LogP contribution in [0.25, 0.3) is 22.2 Å². The Bertz CT molecular complexity index is 1140. The average molecular weight is 465 g/mol. The molecule has 0 unspecified atom stereocenters. The Balaban J connectivity index is 1.41. The molecule has 2 aromatic carbocycles. The minimum absolute atomic E-state index is 0.244. The zero-order valence-corrected chi connectivity index (χ0v) is 20.4. The summed E-state index contributed by atoms with van der Waals surface area (Å²) < 4.78 is 8.52. The molecule has 4 nitrogen and oxygen atoms in total. The van der Waals surface area contributed by atoms with E-state index in [2.05, 4.69) is 53.6 Å². The van der Waals surface area contributed by atoms with Crippen LogP contribution in [0.1, 0.15) is 46.0 Å². The smallest absolute Gasteiger partial charge is 0.152 e. The predicted molar refractivity (Wildman–Crippen MR) is 135 cm³/mol. The van der Waals surface area contributed by atoms with Gasteiger partial charge in [0, 0.05) is 47.2 Å². The molecule has 1 aromatic heterocycles. The van der Waals surface area contributed by atoms with E-state index in [1.54, 1.807) is 0 Å². The minimum Gasteiger partial charge on any atom is -0.490 e. The van der Waals surface area contributed by atoms with Crippen molar-refractivity contribution in [1.29, 1.82) is 0 Å². The maximum absolute atomic E-state index is 12.7. The van der Waals surface area contributed by atoms with Crippen LogP contribution in [0.15, 0.2) is 48.5 Å². The number of aromatic nitrogens is 1. The average Bonchev–Trinajstić information content (AvgIpc) is 3.57. The molecular formula is C28H33ClN2O2. The Morgan fingerprint density at radius 1 is 1.06 bits per heavy atom. The second-order valence-corrected chi connectivity index (χ2v) is 10.5. The van der Waals surface area contributed by atoms with Gasteiger partial charge in [0.1, 0.15) is 11.9 Å². The van der Waals surface area contributed by atoms with Crippen LogP contribution in [0.2, 0.25) is 5.02 Å². The van der Waals surface area contributed by atoms with Crippen molar-refractivity contribution in [3.8, 4) is 17.0 Å². The van der Waals surface area contributed by atoms with Gasteiger partial charge in [0.2, 0.25) is 0 Å². The molecule has 0 atom stereocenters. The van der Waals surface area contributed by atoms with E-state index in [0.29, 0.717) is 23.9 Å². The van der Waals surface area contributed by atoms with E-state index in [9.17, 15) is 4.79 Å². The number of rotatable bonds is 8.